The largest absolute Gasteiger partial charge is 0.458 e. The molecule has 112 valence electrons. The van der Waals surface area contributed by atoms with E-state index in [0.717, 1.165) is 6.33 Å². The SMILES string of the molecule is O=C(c1ncn([C@@H]2O[C@H](CO)C(O)C2O)n1)C(F)(F)F. The quantitative estimate of drug-likeness (QED) is 0.589. The number of ketones is 1. The Bertz CT molecular complexity index is 505. The number of aliphatic hydroxyl groups excluding tert-OH is 3. The van der Waals surface area contributed by atoms with Gasteiger partial charge in [0.1, 0.15) is 24.6 Å². The number of nitrogens with zero attached hydrogens (tertiary/aromatic N) is 3. The molecule has 1 aliphatic heterocycles. The molecular weight excluding hydrogens is 287 g/mol. The van der Waals surface area contributed by atoms with Crippen LogP contribution in [0.5, 0.6) is 0 Å². The summed E-state index contributed by atoms with van der Waals surface area (Å²) in [5, 5.41) is 31.3. The number of rotatable bonds is 3. The number of aliphatic hydroxyl groups is 3. The highest BCUT2D eigenvalue weighted by atomic mass is 19.4. The van der Waals surface area contributed by atoms with Gasteiger partial charge in [-0.2, -0.15) is 13.2 Å². The van der Waals surface area contributed by atoms with Crippen LogP contribution in [0.2, 0.25) is 0 Å². The van der Waals surface area contributed by atoms with Crippen molar-refractivity contribution in [3.63, 3.8) is 0 Å². The van der Waals surface area contributed by atoms with E-state index in [-0.39, 0.29) is 0 Å². The fourth-order valence-electron chi connectivity index (χ4n) is 1.73. The van der Waals surface area contributed by atoms with Crippen molar-refractivity contribution >= 4 is 5.78 Å². The van der Waals surface area contributed by atoms with Crippen molar-refractivity contribution in [3.8, 4) is 0 Å². The first-order valence-electron chi connectivity index (χ1n) is 5.41. The van der Waals surface area contributed by atoms with Crippen molar-refractivity contribution in [2.24, 2.45) is 0 Å². The molecule has 0 radical (unpaired) electrons. The maximum absolute atomic E-state index is 12.2. The molecule has 1 aromatic heterocycles. The Morgan fingerprint density at radius 3 is 2.55 bits per heavy atom. The fourth-order valence-corrected chi connectivity index (χ4v) is 1.73. The summed E-state index contributed by atoms with van der Waals surface area (Å²) < 4.78 is 42.3. The van der Waals surface area contributed by atoms with E-state index in [4.69, 9.17) is 9.84 Å². The lowest BCUT2D eigenvalue weighted by molar-refractivity contribution is -0.0894. The number of ether oxygens (including phenoxy) is 1. The van der Waals surface area contributed by atoms with E-state index < -0.39 is 48.9 Å². The first-order chi connectivity index (χ1) is 9.25. The highest BCUT2D eigenvalue weighted by molar-refractivity contribution is 5.96. The van der Waals surface area contributed by atoms with Crippen molar-refractivity contribution in [2.75, 3.05) is 6.61 Å². The topological polar surface area (TPSA) is 118 Å². The minimum atomic E-state index is -5.12. The van der Waals surface area contributed by atoms with Gasteiger partial charge in [0.2, 0.25) is 5.82 Å². The maximum atomic E-state index is 12.2. The van der Waals surface area contributed by atoms with Crippen LogP contribution in [0.4, 0.5) is 13.2 Å². The van der Waals surface area contributed by atoms with Crippen LogP contribution < -0.4 is 0 Å². The lowest BCUT2D eigenvalue weighted by Gasteiger charge is -2.13. The lowest BCUT2D eigenvalue weighted by atomic mass is 10.1. The van der Waals surface area contributed by atoms with E-state index >= 15 is 0 Å². The van der Waals surface area contributed by atoms with Crippen LogP contribution in [0.15, 0.2) is 6.33 Å². The molecular formula is C9H10F3N3O5. The van der Waals surface area contributed by atoms with Crippen LogP contribution in [0.25, 0.3) is 0 Å². The smallest absolute Gasteiger partial charge is 0.394 e. The van der Waals surface area contributed by atoms with Gasteiger partial charge in [0.05, 0.1) is 6.61 Å². The molecule has 0 aromatic carbocycles. The van der Waals surface area contributed by atoms with Gasteiger partial charge in [0.15, 0.2) is 6.23 Å². The third kappa shape index (κ3) is 2.52. The van der Waals surface area contributed by atoms with E-state index in [0.29, 0.717) is 4.68 Å². The number of halogens is 3. The summed E-state index contributed by atoms with van der Waals surface area (Å²) >= 11 is 0. The molecule has 20 heavy (non-hydrogen) atoms. The Kier molecular flexibility index (Phi) is 3.77. The van der Waals surface area contributed by atoms with Gasteiger partial charge in [-0.15, -0.1) is 5.10 Å². The van der Waals surface area contributed by atoms with E-state index in [2.05, 4.69) is 10.1 Å². The van der Waals surface area contributed by atoms with Crippen molar-refractivity contribution in [3.05, 3.63) is 12.2 Å². The second-order valence-electron chi connectivity index (χ2n) is 4.10. The van der Waals surface area contributed by atoms with Crippen molar-refractivity contribution in [2.45, 2.75) is 30.7 Å². The lowest BCUT2D eigenvalue weighted by Crippen LogP contribution is -2.33. The molecule has 1 aromatic rings. The predicted molar refractivity (Wildman–Crippen MR) is 53.4 cm³/mol. The Morgan fingerprint density at radius 2 is 2.05 bits per heavy atom. The van der Waals surface area contributed by atoms with Gasteiger partial charge in [-0.25, -0.2) is 9.67 Å². The zero-order valence-electron chi connectivity index (χ0n) is 9.73. The first-order valence-corrected chi connectivity index (χ1v) is 5.41. The Hall–Kier alpha value is -1.56. The number of carbonyl (C=O) groups excluding carboxylic acids is 1. The molecule has 0 amide bonds. The van der Waals surface area contributed by atoms with Crippen LogP contribution in [-0.2, 0) is 4.74 Å². The Balaban J connectivity index is 2.20. The van der Waals surface area contributed by atoms with Crippen LogP contribution in [0, 0.1) is 0 Å². The molecule has 1 fully saturated rings. The molecule has 1 saturated heterocycles. The van der Waals surface area contributed by atoms with Gasteiger partial charge in [-0.05, 0) is 0 Å². The van der Waals surface area contributed by atoms with E-state index in [9.17, 15) is 28.2 Å². The van der Waals surface area contributed by atoms with Crippen molar-refractivity contribution in [1.82, 2.24) is 14.8 Å². The number of hydrogen-bond acceptors (Lipinski definition) is 7. The number of carbonyl (C=O) groups is 1. The summed E-state index contributed by atoms with van der Waals surface area (Å²) in [4.78, 5) is 14.1. The van der Waals surface area contributed by atoms with Gasteiger partial charge in [0, 0.05) is 0 Å². The molecule has 4 atom stereocenters. The Morgan fingerprint density at radius 1 is 1.40 bits per heavy atom. The van der Waals surface area contributed by atoms with Crippen LogP contribution >= 0.6 is 0 Å². The van der Waals surface area contributed by atoms with Crippen LogP contribution in [-0.4, -0.2) is 67.0 Å². The molecule has 0 spiro atoms. The van der Waals surface area contributed by atoms with Crippen molar-refractivity contribution < 1.29 is 38.0 Å². The zero-order chi connectivity index (χ0) is 15.1. The summed E-state index contributed by atoms with van der Waals surface area (Å²) in [5.41, 5.74) is 0. The summed E-state index contributed by atoms with van der Waals surface area (Å²) in [6, 6.07) is 0. The van der Waals surface area contributed by atoms with Gasteiger partial charge < -0.3 is 20.1 Å². The molecule has 1 aliphatic rings. The fraction of sp³-hybridized carbons (Fsp3) is 0.667. The normalized spacial score (nSPS) is 30.7. The molecule has 2 heterocycles. The number of Topliss-reactive ketones (excluding diaryl/α,β-unsaturated/α-hetero) is 1. The average molecular weight is 297 g/mol. The number of aromatic nitrogens is 3. The van der Waals surface area contributed by atoms with Gasteiger partial charge in [0.25, 0.3) is 0 Å². The third-order valence-electron chi connectivity index (χ3n) is 2.75. The standard InChI is InChI=1S/C9H10F3N3O5/c10-9(11,12)6(19)7-13-2-15(14-7)8-5(18)4(17)3(1-16)20-8/h2-5,8,16-18H,1H2/t3-,4?,5?,8-/m1/s1. The molecule has 11 heteroatoms. The van der Waals surface area contributed by atoms with E-state index in [1.54, 1.807) is 0 Å². The molecule has 0 aliphatic carbocycles. The van der Waals surface area contributed by atoms with Gasteiger partial charge in [-0.3, -0.25) is 4.79 Å². The predicted octanol–water partition coefficient (Wildman–Crippen LogP) is -1.37. The highest BCUT2D eigenvalue weighted by Gasteiger charge is 2.45. The molecule has 2 rings (SSSR count). The zero-order valence-corrected chi connectivity index (χ0v) is 9.73. The third-order valence-corrected chi connectivity index (χ3v) is 2.75. The second-order valence-corrected chi connectivity index (χ2v) is 4.10. The summed E-state index contributed by atoms with van der Waals surface area (Å²) in [5.74, 6) is -3.33. The Labute approximate surface area is 109 Å². The second kappa shape index (κ2) is 5.09. The number of hydrogen-bond donors (Lipinski definition) is 3. The average Bonchev–Trinajstić information content (AvgIpc) is 2.95. The molecule has 2 unspecified atom stereocenters. The summed E-state index contributed by atoms with van der Waals surface area (Å²) in [6.45, 7) is -0.599. The molecule has 8 nitrogen and oxygen atoms in total. The molecule has 0 saturated carbocycles. The highest BCUT2D eigenvalue weighted by Crippen LogP contribution is 2.28. The van der Waals surface area contributed by atoms with Gasteiger partial charge in [-0.1, -0.05) is 0 Å². The summed E-state index contributed by atoms with van der Waals surface area (Å²) in [6.07, 6.45) is -9.77. The number of alkyl halides is 3. The van der Waals surface area contributed by atoms with Crippen LogP contribution in [0.3, 0.4) is 0 Å². The van der Waals surface area contributed by atoms with E-state index in [1.807, 2.05) is 0 Å². The van der Waals surface area contributed by atoms with E-state index in [1.165, 1.54) is 0 Å². The molecule has 0 bridgehead atoms. The monoisotopic (exact) mass is 297 g/mol. The minimum Gasteiger partial charge on any atom is -0.394 e. The molecule has 3 N–H and O–H groups in total. The minimum absolute atomic E-state index is 0.599. The van der Waals surface area contributed by atoms with Crippen LogP contribution in [0.1, 0.15) is 16.8 Å². The first kappa shape index (κ1) is 14.8. The summed E-state index contributed by atoms with van der Waals surface area (Å²) in [7, 11) is 0. The van der Waals surface area contributed by atoms with Gasteiger partial charge >= 0.3 is 12.0 Å². The maximum Gasteiger partial charge on any atom is 0.458 e. The van der Waals surface area contributed by atoms with Crippen molar-refractivity contribution in [1.29, 1.82) is 0 Å².